The van der Waals surface area contributed by atoms with E-state index in [1.807, 2.05) is 6.08 Å². The lowest BCUT2D eigenvalue weighted by Crippen LogP contribution is -1.93. The van der Waals surface area contributed by atoms with Crippen molar-refractivity contribution in [2.75, 3.05) is 13.2 Å². The van der Waals surface area contributed by atoms with Gasteiger partial charge in [0.2, 0.25) is 0 Å². The Kier molecular flexibility index (Phi) is 21.0. The molecule has 6 heteroatoms. The molecule has 0 unspecified atom stereocenters. The van der Waals surface area contributed by atoms with Gasteiger partial charge in [-0.15, -0.1) is 0 Å². The summed E-state index contributed by atoms with van der Waals surface area (Å²) in [6.07, 6.45) is 14.6. The molecule has 0 aliphatic heterocycles. The topological polar surface area (TPSA) is 115 Å². The fourth-order valence-electron chi connectivity index (χ4n) is 3.36. The molecule has 0 saturated heterocycles. The number of rotatable bonds is 13. The molecular formula is C34H46O6. The van der Waals surface area contributed by atoms with Crippen LogP contribution in [0.15, 0.2) is 107 Å². The Hall–Kier alpha value is -3.74. The molecule has 0 radical (unpaired) electrons. The van der Waals surface area contributed by atoms with E-state index in [0.717, 1.165) is 44.1 Å². The smallest absolute Gasteiger partial charge is 0.335 e. The van der Waals surface area contributed by atoms with Crippen LogP contribution in [0.1, 0.15) is 86.9 Å². The number of allylic oxidation sites excluding steroid dienone is 6. The Bertz CT molecular complexity index is 1040. The van der Waals surface area contributed by atoms with E-state index in [-0.39, 0.29) is 13.2 Å². The quantitative estimate of drug-likeness (QED) is 0.189. The van der Waals surface area contributed by atoms with Crippen LogP contribution in [-0.4, -0.2) is 45.6 Å². The number of hydrogen-bond acceptors (Lipinski definition) is 4. The molecule has 0 spiro atoms. The average Bonchev–Trinajstić information content (AvgIpc) is 2.94. The fraction of sp³-hybridized carbons (Fsp3) is 0.353. The molecule has 0 atom stereocenters. The minimum absolute atomic E-state index is 0.135. The van der Waals surface area contributed by atoms with Gasteiger partial charge in [-0.25, -0.2) is 9.59 Å². The molecule has 2 rings (SSSR count). The van der Waals surface area contributed by atoms with Gasteiger partial charge >= 0.3 is 11.9 Å². The second-order valence-corrected chi connectivity index (χ2v) is 9.54. The maximum atomic E-state index is 10.2. The number of aliphatic hydroxyl groups excluding tert-OH is 2. The fourth-order valence-corrected chi connectivity index (χ4v) is 3.36. The number of carboxylic acids is 2. The lowest BCUT2D eigenvalue weighted by atomic mass is 10.0. The van der Waals surface area contributed by atoms with Crippen LogP contribution in [0.2, 0.25) is 0 Å². The number of carboxylic acid groups (broad SMARTS) is 2. The summed E-state index contributed by atoms with van der Waals surface area (Å²) >= 11 is 0. The van der Waals surface area contributed by atoms with Gasteiger partial charge < -0.3 is 20.4 Å². The van der Waals surface area contributed by atoms with Gasteiger partial charge in [0, 0.05) is 0 Å². The van der Waals surface area contributed by atoms with Crippen molar-refractivity contribution >= 4 is 11.9 Å². The number of hydrogen-bond donors (Lipinski definition) is 4. The first kappa shape index (κ1) is 36.3. The first-order chi connectivity index (χ1) is 19.1. The first-order valence-corrected chi connectivity index (χ1v) is 13.5. The van der Waals surface area contributed by atoms with Gasteiger partial charge in [-0.2, -0.15) is 0 Å². The van der Waals surface area contributed by atoms with Crippen molar-refractivity contribution < 1.29 is 30.0 Å². The lowest BCUT2D eigenvalue weighted by Gasteiger charge is -2.04. The summed E-state index contributed by atoms with van der Waals surface area (Å²) in [7, 11) is 0. The predicted octanol–water partition coefficient (Wildman–Crippen LogP) is 7.87. The van der Waals surface area contributed by atoms with Gasteiger partial charge in [-0.1, -0.05) is 77.4 Å². The average molecular weight is 551 g/mol. The molecule has 0 aromatic heterocycles. The van der Waals surface area contributed by atoms with Crippen LogP contribution in [0.5, 0.6) is 0 Å². The highest BCUT2D eigenvalue weighted by atomic mass is 16.4. The maximum Gasteiger partial charge on any atom is 0.335 e. The van der Waals surface area contributed by atoms with Crippen molar-refractivity contribution in [2.45, 2.75) is 66.2 Å². The molecule has 0 bridgehead atoms. The third-order valence-corrected chi connectivity index (χ3v) is 5.71. The third kappa shape index (κ3) is 20.3. The lowest BCUT2D eigenvalue weighted by molar-refractivity contribution is 0.0686. The minimum Gasteiger partial charge on any atom is -0.478 e. The van der Waals surface area contributed by atoms with E-state index < -0.39 is 11.9 Å². The van der Waals surface area contributed by atoms with Crippen molar-refractivity contribution in [1.29, 1.82) is 0 Å². The number of aromatic carboxylic acids is 2. The molecule has 0 aliphatic carbocycles. The highest BCUT2D eigenvalue weighted by Gasteiger charge is 1.98. The van der Waals surface area contributed by atoms with Crippen molar-refractivity contribution in [3.8, 4) is 0 Å². The predicted molar refractivity (Wildman–Crippen MR) is 164 cm³/mol. The first-order valence-electron chi connectivity index (χ1n) is 13.5. The largest absolute Gasteiger partial charge is 0.478 e. The molecule has 0 amide bonds. The molecule has 0 heterocycles. The summed E-state index contributed by atoms with van der Waals surface area (Å²) in [4.78, 5) is 20.4. The van der Waals surface area contributed by atoms with Gasteiger partial charge in [-0.3, -0.25) is 0 Å². The number of benzene rings is 2. The number of carbonyl (C=O) groups is 2. The van der Waals surface area contributed by atoms with E-state index in [4.69, 9.17) is 15.3 Å². The monoisotopic (exact) mass is 550 g/mol. The van der Waals surface area contributed by atoms with Crippen LogP contribution >= 0.6 is 0 Å². The zero-order chi connectivity index (χ0) is 30.2. The Morgan fingerprint density at radius 2 is 1.02 bits per heavy atom. The number of aliphatic hydroxyl groups is 2. The molecule has 40 heavy (non-hydrogen) atoms. The van der Waals surface area contributed by atoms with Gasteiger partial charge in [0.05, 0.1) is 24.3 Å². The SMILES string of the molecule is CC(C)=CCCC(=CCCC(C)=CCCC(C)=CCO)CO.O=C(O)c1ccccc1.O=C(O)c1ccccc1. The third-order valence-electron chi connectivity index (χ3n) is 5.71. The summed E-state index contributed by atoms with van der Waals surface area (Å²) in [5, 5.41) is 35.0. The van der Waals surface area contributed by atoms with Crippen molar-refractivity contribution in [2.24, 2.45) is 0 Å². The van der Waals surface area contributed by atoms with E-state index in [9.17, 15) is 14.7 Å². The van der Waals surface area contributed by atoms with Crippen molar-refractivity contribution in [1.82, 2.24) is 0 Å². The van der Waals surface area contributed by atoms with Crippen LogP contribution < -0.4 is 0 Å². The Balaban J connectivity index is 0.000000681. The van der Waals surface area contributed by atoms with E-state index in [0.29, 0.717) is 11.1 Å². The summed E-state index contributed by atoms with van der Waals surface area (Å²) < 4.78 is 0. The van der Waals surface area contributed by atoms with Crippen LogP contribution in [0.25, 0.3) is 0 Å². The molecule has 2 aromatic rings. The molecule has 0 aliphatic rings. The summed E-state index contributed by atoms with van der Waals surface area (Å²) in [6.45, 7) is 8.74. The molecular weight excluding hydrogens is 504 g/mol. The Labute approximate surface area is 239 Å². The molecule has 0 saturated carbocycles. The second-order valence-electron chi connectivity index (χ2n) is 9.54. The molecule has 6 nitrogen and oxygen atoms in total. The molecule has 0 fully saturated rings. The molecule has 2 aromatic carbocycles. The summed E-state index contributed by atoms with van der Waals surface area (Å²) in [5.41, 5.74) is 5.78. The highest BCUT2D eigenvalue weighted by molar-refractivity contribution is 5.87. The van der Waals surface area contributed by atoms with Gasteiger partial charge in [0.1, 0.15) is 0 Å². The van der Waals surface area contributed by atoms with Gasteiger partial charge in [0.25, 0.3) is 0 Å². The van der Waals surface area contributed by atoms with E-state index in [1.165, 1.54) is 16.7 Å². The highest BCUT2D eigenvalue weighted by Crippen LogP contribution is 2.13. The van der Waals surface area contributed by atoms with Crippen molar-refractivity contribution in [3.63, 3.8) is 0 Å². The van der Waals surface area contributed by atoms with Crippen molar-refractivity contribution in [3.05, 3.63) is 118 Å². The van der Waals surface area contributed by atoms with E-state index >= 15 is 0 Å². The normalized spacial score (nSPS) is 11.4. The summed E-state index contributed by atoms with van der Waals surface area (Å²) in [6, 6.07) is 16.6. The van der Waals surface area contributed by atoms with Crippen LogP contribution in [0, 0.1) is 0 Å². The maximum absolute atomic E-state index is 10.2. The Morgan fingerprint density at radius 1 is 0.600 bits per heavy atom. The zero-order valence-electron chi connectivity index (χ0n) is 24.3. The second kappa shape index (κ2) is 23.2. The van der Waals surface area contributed by atoms with E-state index in [1.54, 1.807) is 60.7 Å². The van der Waals surface area contributed by atoms with Gasteiger partial charge in [0.15, 0.2) is 0 Å². The Morgan fingerprint density at radius 3 is 1.40 bits per heavy atom. The van der Waals surface area contributed by atoms with Crippen LogP contribution in [-0.2, 0) is 0 Å². The zero-order valence-corrected chi connectivity index (χ0v) is 24.3. The summed E-state index contributed by atoms with van der Waals surface area (Å²) in [5.74, 6) is -1.76. The standard InChI is InChI=1S/C20H34O2.2C7H6O2/c1-17(2)8-5-12-20(16-22)13-7-11-18(3)9-6-10-19(4)14-15-21;2*8-7(9)6-4-2-1-3-5-6/h8-9,13-14,21-22H,5-7,10-12,15-16H2,1-4H3;2*1-5H,(H,8,9). The minimum atomic E-state index is -0.879. The molecule has 4 N–H and O–H groups in total. The van der Waals surface area contributed by atoms with Gasteiger partial charge in [-0.05, 0) is 96.1 Å². The van der Waals surface area contributed by atoms with E-state index in [2.05, 4.69) is 45.9 Å². The van der Waals surface area contributed by atoms with Crippen LogP contribution in [0.3, 0.4) is 0 Å². The van der Waals surface area contributed by atoms with Crippen LogP contribution in [0.4, 0.5) is 0 Å². The molecule has 218 valence electrons.